The second-order valence-corrected chi connectivity index (χ2v) is 13.4. The van der Waals surface area contributed by atoms with Crippen LogP contribution in [0.4, 0.5) is 26.0 Å². The van der Waals surface area contributed by atoms with Gasteiger partial charge in [0.15, 0.2) is 0 Å². The van der Waals surface area contributed by atoms with Crippen molar-refractivity contribution in [2.75, 3.05) is 41.3 Å². The van der Waals surface area contributed by atoms with Crippen molar-refractivity contribution in [2.24, 2.45) is 5.41 Å². The maximum Gasteiger partial charge on any atom is 0.276 e. The topological polar surface area (TPSA) is 102 Å². The highest BCUT2D eigenvalue weighted by atomic mass is 32.2. The van der Waals surface area contributed by atoms with Crippen LogP contribution in [0.2, 0.25) is 0 Å². The second kappa shape index (κ2) is 8.89. The van der Waals surface area contributed by atoms with E-state index in [9.17, 15) is 17.8 Å². The van der Waals surface area contributed by atoms with Crippen LogP contribution in [0.5, 0.6) is 0 Å². The molecular formula is C26H32F2N6O2S. The van der Waals surface area contributed by atoms with Gasteiger partial charge in [0, 0.05) is 49.2 Å². The lowest BCUT2D eigenvalue weighted by molar-refractivity contribution is -0.0221. The van der Waals surface area contributed by atoms with Gasteiger partial charge < -0.3 is 15.1 Å². The quantitative estimate of drug-likeness (QED) is 0.550. The van der Waals surface area contributed by atoms with Gasteiger partial charge in [0.1, 0.15) is 11.5 Å². The molecular weight excluding hydrogens is 498 g/mol. The summed E-state index contributed by atoms with van der Waals surface area (Å²) >= 11 is 0. The Labute approximate surface area is 215 Å². The van der Waals surface area contributed by atoms with E-state index in [1.54, 1.807) is 17.0 Å². The lowest BCUT2D eigenvalue weighted by Gasteiger charge is -2.35. The van der Waals surface area contributed by atoms with E-state index in [4.69, 9.17) is 4.78 Å². The molecule has 1 aromatic carbocycles. The molecule has 1 amide bonds. The lowest BCUT2D eigenvalue weighted by Crippen LogP contribution is -2.40. The van der Waals surface area contributed by atoms with Crippen molar-refractivity contribution < 1.29 is 17.8 Å². The first-order chi connectivity index (χ1) is 17.6. The zero-order valence-corrected chi connectivity index (χ0v) is 21.5. The number of benzene rings is 1. The normalized spacial score (nSPS) is 23.9. The highest BCUT2D eigenvalue weighted by molar-refractivity contribution is 7.93. The molecule has 2 N–H and O–H groups in total. The first kappa shape index (κ1) is 24.5. The monoisotopic (exact) mass is 530 g/mol. The number of piperidine rings is 2. The van der Waals surface area contributed by atoms with E-state index in [0.29, 0.717) is 21.8 Å². The zero-order valence-electron chi connectivity index (χ0n) is 20.7. The fourth-order valence-corrected chi connectivity index (χ4v) is 7.17. The molecule has 4 fully saturated rings. The maximum absolute atomic E-state index is 13.6. The van der Waals surface area contributed by atoms with Crippen LogP contribution in [0.15, 0.2) is 35.5 Å². The fraction of sp³-hybridized carbons (Fsp3) is 0.577. The number of rotatable bonds is 6. The molecule has 1 spiro atoms. The Kier molecular flexibility index (Phi) is 5.89. The third-order valence-electron chi connectivity index (χ3n) is 8.36. The highest BCUT2D eigenvalue weighted by Gasteiger charge is 2.45. The van der Waals surface area contributed by atoms with Gasteiger partial charge in [-0.25, -0.2) is 22.8 Å². The summed E-state index contributed by atoms with van der Waals surface area (Å²) in [5, 5.41) is 2.86. The second-order valence-electron chi connectivity index (χ2n) is 11.0. The molecule has 4 aliphatic rings. The molecule has 1 aromatic heterocycles. The van der Waals surface area contributed by atoms with E-state index in [1.165, 1.54) is 25.2 Å². The van der Waals surface area contributed by atoms with Gasteiger partial charge in [0.05, 0.1) is 33.5 Å². The number of carbonyl (C=O) groups excluding carboxylic acids is 1. The smallest absolute Gasteiger partial charge is 0.276 e. The number of nitrogens with zero attached hydrogens (tertiary/aromatic N) is 4. The van der Waals surface area contributed by atoms with Gasteiger partial charge in [-0.15, -0.1) is 0 Å². The number of amides is 1. The van der Waals surface area contributed by atoms with Gasteiger partial charge in [-0.2, -0.15) is 0 Å². The molecule has 2 saturated heterocycles. The molecule has 0 radical (unpaired) electrons. The van der Waals surface area contributed by atoms with Crippen LogP contribution in [-0.4, -0.2) is 57.4 Å². The summed E-state index contributed by atoms with van der Waals surface area (Å²) in [5.74, 6) is -2.71. The number of hydrogen-bond acceptors (Lipinski definition) is 7. The minimum Gasteiger partial charge on any atom is -0.370 e. The van der Waals surface area contributed by atoms with Crippen molar-refractivity contribution in [2.45, 2.75) is 67.4 Å². The van der Waals surface area contributed by atoms with Crippen molar-refractivity contribution in [1.82, 2.24) is 9.97 Å². The summed E-state index contributed by atoms with van der Waals surface area (Å²) in [4.78, 5) is 26.3. The van der Waals surface area contributed by atoms with Crippen molar-refractivity contribution in [3.8, 4) is 0 Å². The minimum absolute atomic E-state index is 0.0929. The summed E-state index contributed by atoms with van der Waals surface area (Å²) < 4.78 is 48.8. The van der Waals surface area contributed by atoms with Crippen LogP contribution in [0, 0.1) is 10.2 Å². The maximum atomic E-state index is 13.6. The Balaban J connectivity index is 1.24. The largest absolute Gasteiger partial charge is 0.370 e. The molecule has 2 aliphatic carbocycles. The van der Waals surface area contributed by atoms with Gasteiger partial charge >= 0.3 is 0 Å². The molecule has 8 nitrogen and oxygen atoms in total. The number of aromatic nitrogens is 2. The van der Waals surface area contributed by atoms with Gasteiger partial charge in [0.25, 0.3) is 11.8 Å². The van der Waals surface area contributed by atoms with Gasteiger partial charge in [-0.05, 0) is 62.1 Å². The Morgan fingerprint density at radius 3 is 2.32 bits per heavy atom. The van der Waals surface area contributed by atoms with E-state index in [-0.39, 0.29) is 36.9 Å². The molecule has 6 rings (SSSR count). The van der Waals surface area contributed by atoms with Crippen molar-refractivity contribution in [1.29, 1.82) is 4.78 Å². The van der Waals surface area contributed by atoms with Crippen LogP contribution < -0.4 is 15.1 Å². The van der Waals surface area contributed by atoms with Crippen LogP contribution in [0.3, 0.4) is 0 Å². The Morgan fingerprint density at radius 1 is 1.00 bits per heavy atom. The molecule has 3 heterocycles. The molecule has 2 aromatic rings. The Morgan fingerprint density at radius 2 is 1.68 bits per heavy atom. The molecule has 0 bridgehead atoms. The van der Waals surface area contributed by atoms with E-state index >= 15 is 0 Å². The van der Waals surface area contributed by atoms with Gasteiger partial charge in [-0.1, -0.05) is 0 Å². The van der Waals surface area contributed by atoms with E-state index in [1.807, 2.05) is 6.07 Å². The van der Waals surface area contributed by atoms with Crippen LogP contribution >= 0.6 is 0 Å². The average Bonchev–Trinajstić information content (AvgIpc) is 3.82. The summed E-state index contributed by atoms with van der Waals surface area (Å²) in [5.41, 5.74) is 1.94. The molecule has 2 saturated carbocycles. The number of hydrogen-bond donors (Lipinski definition) is 2. The van der Waals surface area contributed by atoms with Crippen molar-refractivity contribution in [3.05, 3.63) is 36.3 Å². The molecule has 1 atom stereocenters. The Bertz CT molecular complexity index is 1310. The number of halogens is 2. The average molecular weight is 531 g/mol. The highest BCUT2D eigenvalue weighted by Crippen LogP contribution is 2.54. The first-order valence-corrected chi connectivity index (χ1v) is 14.7. The predicted molar refractivity (Wildman–Crippen MR) is 138 cm³/mol. The molecule has 198 valence electrons. The third-order valence-corrected chi connectivity index (χ3v) is 10.7. The molecule has 11 heteroatoms. The van der Waals surface area contributed by atoms with Gasteiger partial charge in [-0.3, -0.25) is 9.78 Å². The van der Waals surface area contributed by atoms with E-state index in [0.717, 1.165) is 44.5 Å². The summed E-state index contributed by atoms with van der Waals surface area (Å²) in [6, 6.07) is 5.25. The number of anilines is 3. The van der Waals surface area contributed by atoms with Crippen molar-refractivity contribution >= 4 is 32.8 Å². The van der Waals surface area contributed by atoms with Gasteiger partial charge in [0.2, 0.25) is 0 Å². The van der Waals surface area contributed by atoms with Crippen LogP contribution in [-0.2, 0) is 9.73 Å². The lowest BCUT2D eigenvalue weighted by atomic mass is 9.93. The standard InChI is InChI=1S/C26H32F2N6O2S/c27-26(28)9-13-34(14-10-26)23-17-30-16-21(31-23)24(35)32-20-4-3-19(37(29,36)18-1-2-18)15-22(20)33-11-7-25(5-6-25)8-12-33/h3-4,15-18,29H,1-2,5-14H2,(H,32,35). The predicted octanol–water partition coefficient (Wildman–Crippen LogP) is 4.91. The van der Waals surface area contributed by atoms with Crippen molar-refractivity contribution in [3.63, 3.8) is 0 Å². The molecule has 2 aliphatic heterocycles. The zero-order chi connectivity index (χ0) is 25.8. The third kappa shape index (κ3) is 5.02. The van der Waals surface area contributed by atoms with Crippen LogP contribution in [0.1, 0.15) is 61.9 Å². The van der Waals surface area contributed by atoms with E-state index in [2.05, 4.69) is 20.2 Å². The number of carbonyl (C=O) groups is 1. The Hall–Kier alpha value is -2.82. The molecule has 1 unspecified atom stereocenters. The fourth-order valence-electron chi connectivity index (χ4n) is 5.43. The number of alkyl halides is 2. The number of nitrogens with one attached hydrogen (secondary N) is 2. The summed E-state index contributed by atoms with van der Waals surface area (Å²) in [6.07, 6.45) is 8.70. The molecule has 37 heavy (non-hydrogen) atoms. The minimum atomic E-state index is -2.88. The SMILES string of the molecule is N=S(=O)(c1ccc(NC(=O)c2cncc(N3CCC(F)(F)CC3)n2)c(N2CCC3(CC2)CC3)c1)C1CC1. The van der Waals surface area contributed by atoms with Crippen LogP contribution in [0.25, 0.3) is 0 Å². The summed E-state index contributed by atoms with van der Waals surface area (Å²) in [7, 11) is -2.88. The first-order valence-electron chi connectivity index (χ1n) is 13.1. The van der Waals surface area contributed by atoms with E-state index < -0.39 is 21.6 Å². The summed E-state index contributed by atoms with van der Waals surface area (Å²) in [6.45, 7) is 2.01.